The Balaban J connectivity index is 0.00000162. The summed E-state index contributed by atoms with van der Waals surface area (Å²) >= 11 is 7.94. The monoisotopic (exact) mass is 447 g/mol. The second-order valence-corrected chi connectivity index (χ2v) is 5.41. The van der Waals surface area contributed by atoms with E-state index in [4.69, 9.17) is 11.6 Å². The van der Waals surface area contributed by atoms with Gasteiger partial charge in [-0.3, -0.25) is 4.79 Å². The predicted octanol–water partition coefficient (Wildman–Crippen LogP) is 3.42. The van der Waals surface area contributed by atoms with E-state index in [1.165, 1.54) is 0 Å². The van der Waals surface area contributed by atoms with Crippen LogP contribution >= 0.6 is 34.2 Å². The van der Waals surface area contributed by atoms with Gasteiger partial charge in [0.1, 0.15) is 0 Å². The molecule has 0 saturated heterocycles. The molecule has 0 N–H and O–H groups in total. The van der Waals surface area contributed by atoms with Crippen molar-refractivity contribution in [2.45, 2.75) is 6.92 Å². The minimum absolute atomic E-state index is 0. The molecule has 0 saturated carbocycles. The molecule has 18 heavy (non-hydrogen) atoms. The van der Waals surface area contributed by atoms with E-state index in [1.807, 2.05) is 47.7 Å². The average molecular weight is 447 g/mol. The topological polar surface area (TPSA) is 22.0 Å². The van der Waals surface area contributed by atoms with Gasteiger partial charge in [-0.1, -0.05) is 47.5 Å². The molecular formula is C13H10ClINOY-. The van der Waals surface area contributed by atoms with Crippen LogP contribution in [0.4, 0.5) is 0 Å². The summed E-state index contributed by atoms with van der Waals surface area (Å²) < 4.78 is 2.28. The van der Waals surface area contributed by atoms with Crippen molar-refractivity contribution in [3.05, 3.63) is 54.8 Å². The molecule has 1 heterocycles. The Morgan fingerprint density at radius 1 is 1.39 bits per heavy atom. The van der Waals surface area contributed by atoms with E-state index in [9.17, 15) is 4.79 Å². The third kappa shape index (κ3) is 3.24. The molecule has 91 valence electrons. The number of rotatable bonds is 1. The first-order valence-electron chi connectivity index (χ1n) is 5.04. The first-order chi connectivity index (χ1) is 8.00. The summed E-state index contributed by atoms with van der Waals surface area (Å²) in [6.45, 7) is 1.97. The largest absolute Gasteiger partial charge is 0.345 e. The van der Waals surface area contributed by atoms with Crippen molar-refractivity contribution in [2.75, 3.05) is 0 Å². The van der Waals surface area contributed by atoms with E-state index >= 15 is 0 Å². The van der Waals surface area contributed by atoms with Gasteiger partial charge in [-0.2, -0.15) is 12.1 Å². The number of hydrogen-bond acceptors (Lipinski definition) is 1. The molecule has 0 fully saturated rings. The Morgan fingerprint density at radius 2 is 2.06 bits per heavy atom. The molecular weight excluding hydrogens is 437 g/mol. The molecule has 0 aliphatic rings. The molecule has 1 radical (unpaired) electrons. The summed E-state index contributed by atoms with van der Waals surface area (Å²) in [5.41, 5.74) is 2.79. The van der Waals surface area contributed by atoms with Crippen molar-refractivity contribution in [3.8, 4) is 11.3 Å². The van der Waals surface area contributed by atoms with E-state index in [0.29, 0.717) is 8.59 Å². The Hall–Kier alpha value is 0.294. The second-order valence-electron chi connectivity index (χ2n) is 3.81. The Kier molecular flexibility index (Phi) is 6.03. The van der Waals surface area contributed by atoms with Crippen molar-refractivity contribution in [2.24, 2.45) is 7.05 Å². The smallest absolute Gasteiger partial charge is 0.207 e. The van der Waals surface area contributed by atoms with Gasteiger partial charge in [-0.25, -0.2) is 0 Å². The average Bonchev–Trinajstić information content (AvgIpc) is 2.28. The molecule has 0 spiro atoms. The first-order valence-corrected chi connectivity index (χ1v) is 6.50. The van der Waals surface area contributed by atoms with E-state index in [-0.39, 0.29) is 38.3 Å². The third-order valence-electron chi connectivity index (χ3n) is 2.62. The van der Waals surface area contributed by atoms with Crippen LogP contribution in [-0.4, -0.2) is 4.57 Å². The van der Waals surface area contributed by atoms with Gasteiger partial charge in [-0.15, -0.1) is 28.7 Å². The molecule has 0 amide bonds. The second kappa shape index (κ2) is 6.64. The summed E-state index contributed by atoms with van der Waals surface area (Å²) in [5, 5.41) is 0.696. The number of hydrogen-bond donors (Lipinski definition) is 0. The van der Waals surface area contributed by atoms with Gasteiger partial charge in [0, 0.05) is 44.8 Å². The van der Waals surface area contributed by atoms with Crippen LogP contribution in [-0.2, 0) is 39.8 Å². The Bertz CT molecular complexity index is 639. The predicted molar refractivity (Wildman–Crippen MR) is 78.4 cm³/mol. The van der Waals surface area contributed by atoms with Crippen LogP contribution < -0.4 is 5.56 Å². The molecule has 0 atom stereocenters. The molecule has 1 aromatic heterocycles. The van der Waals surface area contributed by atoms with Crippen LogP contribution in [0, 0.1) is 16.6 Å². The van der Waals surface area contributed by atoms with Gasteiger partial charge >= 0.3 is 0 Å². The van der Waals surface area contributed by atoms with E-state index in [0.717, 1.165) is 16.8 Å². The standard InChI is InChI=1S/C13H10ClINO.Y/c1-8-7-9(14)3-4-10(8)12-6-5-11(15)13(17)16(12)2;/h3-5,7H,1-2H3;/q-1;. The van der Waals surface area contributed by atoms with Crippen molar-refractivity contribution in [1.29, 1.82) is 0 Å². The normalized spacial score (nSPS) is 10.0. The Labute approximate surface area is 150 Å². The van der Waals surface area contributed by atoms with Gasteiger partial charge in [0.05, 0.1) is 0 Å². The fourth-order valence-corrected chi connectivity index (χ4v) is 2.45. The molecule has 5 heteroatoms. The summed E-state index contributed by atoms with van der Waals surface area (Å²) in [4.78, 5) is 11.9. The summed E-state index contributed by atoms with van der Waals surface area (Å²) in [6.07, 6.45) is 0. The molecule has 0 aliphatic heterocycles. The van der Waals surface area contributed by atoms with E-state index in [2.05, 4.69) is 6.07 Å². The van der Waals surface area contributed by atoms with Crippen molar-refractivity contribution in [1.82, 2.24) is 4.57 Å². The van der Waals surface area contributed by atoms with Gasteiger partial charge in [0.2, 0.25) is 5.56 Å². The molecule has 0 aliphatic carbocycles. The zero-order valence-corrected chi connectivity index (χ0v) is 15.7. The van der Waals surface area contributed by atoms with Crippen molar-refractivity contribution < 1.29 is 32.7 Å². The van der Waals surface area contributed by atoms with Gasteiger partial charge in [-0.05, 0) is 3.57 Å². The maximum Gasteiger partial charge on any atom is 0.207 e. The van der Waals surface area contributed by atoms with Gasteiger partial charge in [0.15, 0.2) is 0 Å². The summed E-state index contributed by atoms with van der Waals surface area (Å²) in [6, 6.07) is 10.5. The maximum absolute atomic E-state index is 11.9. The molecule has 2 nitrogen and oxygen atoms in total. The fraction of sp³-hybridized carbons (Fsp3) is 0.154. The SMILES string of the molecule is Cc1cc(Cl)ccc1-c1[c-]cc(I)c(=O)n1C.[Y]. The number of aryl methyl sites for hydroxylation is 1. The van der Waals surface area contributed by atoms with Crippen LogP contribution in [0.3, 0.4) is 0 Å². The van der Waals surface area contributed by atoms with Gasteiger partial charge in [0.25, 0.3) is 0 Å². The molecule has 1 aromatic carbocycles. The van der Waals surface area contributed by atoms with E-state index in [1.54, 1.807) is 17.7 Å². The first kappa shape index (κ1) is 16.3. The Morgan fingerprint density at radius 3 is 2.67 bits per heavy atom. The zero-order valence-electron chi connectivity index (χ0n) is 10.00. The van der Waals surface area contributed by atoms with Crippen LogP contribution in [0.2, 0.25) is 5.02 Å². The third-order valence-corrected chi connectivity index (χ3v) is 3.63. The molecule has 0 unspecified atom stereocenters. The van der Waals surface area contributed by atoms with Gasteiger partial charge < -0.3 is 4.57 Å². The maximum atomic E-state index is 11.9. The van der Waals surface area contributed by atoms with Crippen LogP contribution in [0.5, 0.6) is 0 Å². The quantitative estimate of drug-likeness (QED) is 0.485. The van der Waals surface area contributed by atoms with E-state index < -0.39 is 0 Å². The minimum atomic E-state index is -0.00583. The summed E-state index contributed by atoms with van der Waals surface area (Å²) in [7, 11) is 1.75. The van der Waals surface area contributed by atoms with Crippen LogP contribution in [0.15, 0.2) is 29.1 Å². The molecule has 2 rings (SSSR count). The van der Waals surface area contributed by atoms with Crippen LogP contribution in [0.25, 0.3) is 11.3 Å². The van der Waals surface area contributed by atoms with Crippen molar-refractivity contribution >= 4 is 34.2 Å². The minimum Gasteiger partial charge on any atom is -0.345 e. The molecule has 0 bridgehead atoms. The van der Waals surface area contributed by atoms with Crippen molar-refractivity contribution in [3.63, 3.8) is 0 Å². The number of benzene rings is 1. The number of halogens is 2. The molecule has 2 aromatic rings. The number of nitrogens with zero attached hydrogens (tertiary/aromatic N) is 1. The number of aromatic nitrogens is 1. The summed E-state index contributed by atoms with van der Waals surface area (Å²) in [5.74, 6) is 0. The van der Waals surface area contributed by atoms with Crippen LogP contribution in [0.1, 0.15) is 5.56 Å². The zero-order chi connectivity index (χ0) is 12.6. The number of pyridine rings is 1. The fourth-order valence-electron chi connectivity index (χ4n) is 1.70.